The van der Waals surface area contributed by atoms with E-state index in [4.69, 9.17) is 4.74 Å². The summed E-state index contributed by atoms with van der Waals surface area (Å²) in [5.41, 5.74) is 2.33. The van der Waals surface area contributed by atoms with Crippen LogP contribution in [-0.2, 0) is 17.8 Å². The minimum absolute atomic E-state index is 0.410. The van der Waals surface area contributed by atoms with Gasteiger partial charge in [0, 0.05) is 26.2 Å². The van der Waals surface area contributed by atoms with Gasteiger partial charge in [-0.05, 0) is 49.7 Å². The van der Waals surface area contributed by atoms with Crippen molar-refractivity contribution in [1.29, 1.82) is 0 Å². The fraction of sp³-hybridized carbons (Fsp3) is 0.769. The number of ether oxygens (including phenoxy) is 1. The summed E-state index contributed by atoms with van der Waals surface area (Å²) in [6.45, 7) is 7.92. The second-order valence-electron chi connectivity index (χ2n) is 4.99. The van der Waals surface area contributed by atoms with Gasteiger partial charge in [-0.1, -0.05) is 0 Å². The number of halogens is 1. The maximum atomic E-state index is 5.68. The fourth-order valence-corrected chi connectivity index (χ4v) is 2.89. The van der Waals surface area contributed by atoms with E-state index in [-0.39, 0.29) is 0 Å². The standard InChI is InChI=1S/C13H22BrN3O/c1-4-17-12(13(14)10(2)15-17)9-16(3)8-11-6-5-7-18-11/h11H,4-9H2,1-3H3. The van der Waals surface area contributed by atoms with E-state index in [9.17, 15) is 0 Å². The Labute approximate surface area is 117 Å². The zero-order valence-corrected chi connectivity index (χ0v) is 13.0. The van der Waals surface area contributed by atoms with Crippen molar-refractivity contribution in [2.75, 3.05) is 20.2 Å². The Morgan fingerprint density at radius 1 is 1.56 bits per heavy atom. The Morgan fingerprint density at radius 3 is 2.94 bits per heavy atom. The molecule has 0 aromatic carbocycles. The molecule has 0 radical (unpaired) electrons. The van der Waals surface area contributed by atoms with E-state index < -0.39 is 0 Å². The van der Waals surface area contributed by atoms with Crippen LogP contribution < -0.4 is 0 Å². The Hall–Kier alpha value is -0.390. The third-order valence-corrected chi connectivity index (χ3v) is 4.44. The van der Waals surface area contributed by atoms with Crippen LogP contribution in [0.2, 0.25) is 0 Å². The maximum absolute atomic E-state index is 5.68. The lowest BCUT2D eigenvalue weighted by Crippen LogP contribution is -2.29. The summed E-state index contributed by atoms with van der Waals surface area (Å²) < 4.78 is 8.89. The number of likely N-dealkylation sites (N-methyl/N-ethyl adjacent to an activating group) is 1. The summed E-state index contributed by atoms with van der Waals surface area (Å²) in [7, 11) is 2.15. The summed E-state index contributed by atoms with van der Waals surface area (Å²) >= 11 is 3.64. The Balaban J connectivity index is 1.99. The predicted octanol–water partition coefficient (Wildman–Crippen LogP) is 2.58. The first kappa shape index (κ1) is 14.0. The highest BCUT2D eigenvalue weighted by Crippen LogP contribution is 2.23. The molecular weight excluding hydrogens is 294 g/mol. The summed E-state index contributed by atoms with van der Waals surface area (Å²) in [6.07, 6.45) is 2.80. The van der Waals surface area contributed by atoms with Crippen LogP contribution in [0.1, 0.15) is 31.2 Å². The molecule has 2 heterocycles. The molecule has 1 aliphatic heterocycles. The normalized spacial score (nSPS) is 19.9. The molecule has 0 spiro atoms. The molecular formula is C13H22BrN3O. The Kier molecular flexibility index (Phi) is 4.81. The van der Waals surface area contributed by atoms with Crippen molar-refractivity contribution in [3.8, 4) is 0 Å². The topological polar surface area (TPSA) is 30.3 Å². The molecule has 0 saturated carbocycles. The van der Waals surface area contributed by atoms with Gasteiger partial charge < -0.3 is 4.74 Å². The second-order valence-corrected chi connectivity index (χ2v) is 5.79. The minimum Gasteiger partial charge on any atom is -0.377 e. The Bertz CT molecular complexity index is 399. The molecule has 1 fully saturated rings. The third kappa shape index (κ3) is 3.13. The lowest BCUT2D eigenvalue weighted by atomic mass is 10.2. The first-order chi connectivity index (χ1) is 8.61. The van der Waals surface area contributed by atoms with Crippen molar-refractivity contribution >= 4 is 15.9 Å². The predicted molar refractivity (Wildman–Crippen MR) is 75.6 cm³/mol. The lowest BCUT2D eigenvalue weighted by molar-refractivity contribution is 0.0785. The molecule has 1 unspecified atom stereocenters. The number of rotatable bonds is 5. The average molecular weight is 316 g/mol. The monoisotopic (exact) mass is 315 g/mol. The van der Waals surface area contributed by atoms with E-state index in [1.165, 1.54) is 18.5 Å². The first-order valence-corrected chi connectivity index (χ1v) is 7.43. The number of aromatic nitrogens is 2. The zero-order chi connectivity index (χ0) is 13.1. The molecule has 102 valence electrons. The van der Waals surface area contributed by atoms with Gasteiger partial charge in [-0.3, -0.25) is 9.58 Å². The van der Waals surface area contributed by atoms with Gasteiger partial charge in [0.15, 0.2) is 0 Å². The summed E-state index contributed by atoms with van der Waals surface area (Å²) in [5, 5.41) is 4.53. The van der Waals surface area contributed by atoms with E-state index in [1.54, 1.807) is 0 Å². The van der Waals surface area contributed by atoms with Gasteiger partial charge >= 0.3 is 0 Å². The van der Waals surface area contributed by atoms with Crippen LogP contribution in [-0.4, -0.2) is 41.0 Å². The van der Waals surface area contributed by atoms with E-state index in [1.807, 2.05) is 6.92 Å². The van der Waals surface area contributed by atoms with Crippen LogP contribution in [0, 0.1) is 6.92 Å². The molecule has 1 aromatic rings. The van der Waals surface area contributed by atoms with E-state index in [0.717, 1.165) is 36.4 Å². The minimum atomic E-state index is 0.410. The molecule has 0 bridgehead atoms. The smallest absolute Gasteiger partial charge is 0.0739 e. The second kappa shape index (κ2) is 6.17. The van der Waals surface area contributed by atoms with E-state index in [2.05, 4.69) is 44.6 Å². The molecule has 1 atom stereocenters. The molecule has 0 N–H and O–H groups in total. The van der Waals surface area contributed by atoms with E-state index in [0.29, 0.717) is 6.10 Å². The Morgan fingerprint density at radius 2 is 2.33 bits per heavy atom. The summed E-state index contributed by atoms with van der Waals surface area (Å²) in [6, 6.07) is 0. The van der Waals surface area contributed by atoms with Gasteiger partial charge in [-0.25, -0.2) is 0 Å². The highest BCUT2D eigenvalue weighted by Gasteiger charge is 2.19. The van der Waals surface area contributed by atoms with Crippen LogP contribution in [0.25, 0.3) is 0 Å². The first-order valence-electron chi connectivity index (χ1n) is 6.63. The van der Waals surface area contributed by atoms with Gasteiger partial charge in [0.25, 0.3) is 0 Å². The number of aryl methyl sites for hydroxylation is 2. The zero-order valence-electron chi connectivity index (χ0n) is 11.4. The average Bonchev–Trinajstić information content (AvgIpc) is 2.92. The molecule has 4 nitrogen and oxygen atoms in total. The molecule has 2 rings (SSSR count). The van der Waals surface area contributed by atoms with Crippen LogP contribution >= 0.6 is 15.9 Å². The number of nitrogens with zero attached hydrogens (tertiary/aromatic N) is 3. The molecule has 1 aliphatic rings. The molecule has 5 heteroatoms. The molecule has 0 amide bonds. The van der Waals surface area contributed by atoms with Crippen molar-refractivity contribution in [1.82, 2.24) is 14.7 Å². The van der Waals surface area contributed by atoms with Gasteiger partial charge in [0.2, 0.25) is 0 Å². The van der Waals surface area contributed by atoms with Crippen molar-refractivity contribution < 1.29 is 4.74 Å². The van der Waals surface area contributed by atoms with E-state index >= 15 is 0 Å². The van der Waals surface area contributed by atoms with Crippen LogP contribution in [0.3, 0.4) is 0 Å². The highest BCUT2D eigenvalue weighted by molar-refractivity contribution is 9.10. The SMILES string of the molecule is CCn1nc(C)c(Br)c1CN(C)CC1CCCO1. The molecule has 1 aromatic heterocycles. The van der Waals surface area contributed by atoms with Crippen LogP contribution in [0.5, 0.6) is 0 Å². The largest absolute Gasteiger partial charge is 0.377 e. The molecule has 1 saturated heterocycles. The van der Waals surface area contributed by atoms with Crippen LogP contribution in [0.4, 0.5) is 0 Å². The van der Waals surface area contributed by atoms with Crippen molar-refractivity contribution in [2.24, 2.45) is 0 Å². The molecule has 0 aliphatic carbocycles. The number of hydrogen-bond donors (Lipinski definition) is 0. The third-order valence-electron chi connectivity index (χ3n) is 3.41. The molecule has 18 heavy (non-hydrogen) atoms. The fourth-order valence-electron chi connectivity index (χ4n) is 2.48. The quantitative estimate of drug-likeness (QED) is 0.836. The number of hydrogen-bond acceptors (Lipinski definition) is 3. The highest BCUT2D eigenvalue weighted by atomic mass is 79.9. The maximum Gasteiger partial charge on any atom is 0.0739 e. The van der Waals surface area contributed by atoms with Gasteiger partial charge in [-0.15, -0.1) is 0 Å². The lowest BCUT2D eigenvalue weighted by Gasteiger charge is -2.21. The van der Waals surface area contributed by atoms with Gasteiger partial charge in [-0.2, -0.15) is 5.10 Å². The van der Waals surface area contributed by atoms with Crippen LogP contribution in [0.15, 0.2) is 4.47 Å². The van der Waals surface area contributed by atoms with Crippen molar-refractivity contribution in [2.45, 2.75) is 45.9 Å². The van der Waals surface area contributed by atoms with Gasteiger partial charge in [0.1, 0.15) is 0 Å². The van der Waals surface area contributed by atoms with Crippen molar-refractivity contribution in [3.05, 3.63) is 15.9 Å². The van der Waals surface area contributed by atoms with Crippen molar-refractivity contribution in [3.63, 3.8) is 0 Å². The summed E-state index contributed by atoms with van der Waals surface area (Å²) in [4.78, 5) is 2.32. The van der Waals surface area contributed by atoms with Gasteiger partial charge in [0.05, 0.1) is 22.0 Å². The summed E-state index contributed by atoms with van der Waals surface area (Å²) in [5.74, 6) is 0.